The highest BCUT2D eigenvalue weighted by molar-refractivity contribution is 6.25. The van der Waals surface area contributed by atoms with E-state index in [1.807, 2.05) is 41.3 Å². The predicted octanol–water partition coefficient (Wildman–Crippen LogP) is 3.60. The number of non-ortho nitro benzene ring substituents is 1. The van der Waals surface area contributed by atoms with Crippen molar-refractivity contribution in [3.8, 4) is 11.5 Å². The summed E-state index contributed by atoms with van der Waals surface area (Å²) in [6.45, 7) is 0.0486. The lowest BCUT2D eigenvalue weighted by Gasteiger charge is -2.36. The molecule has 2 saturated heterocycles. The summed E-state index contributed by atoms with van der Waals surface area (Å²) in [5.74, 6) is -2.21. The van der Waals surface area contributed by atoms with E-state index in [4.69, 9.17) is 9.47 Å². The summed E-state index contributed by atoms with van der Waals surface area (Å²) in [6.07, 6.45) is 3.75. The normalized spacial score (nSPS) is 24.3. The predicted molar refractivity (Wildman–Crippen MR) is 135 cm³/mol. The Balaban J connectivity index is 1.35. The van der Waals surface area contributed by atoms with Crippen LogP contribution in [0, 0.1) is 22.0 Å². The van der Waals surface area contributed by atoms with Gasteiger partial charge in [0.25, 0.3) is 5.69 Å². The Bertz CT molecular complexity index is 1600. The molecule has 0 saturated carbocycles. The Kier molecular flexibility index (Phi) is 4.68. The van der Waals surface area contributed by atoms with Crippen molar-refractivity contribution >= 4 is 40.7 Å². The molecule has 188 valence electrons. The van der Waals surface area contributed by atoms with Gasteiger partial charge in [0.05, 0.1) is 28.5 Å². The fourth-order valence-corrected chi connectivity index (χ4v) is 6.04. The smallest absolute Gasteiger partial charge is 0.270 e. The molecule has 2 fully saturated rings. The van der Waals surface area contributed by atoms with Gasteiger partial charge in [-0.2, -0.15) is 0 Å². The zero-order chi connectivity index (χ0) is 26.1. The molecule has 3 aromatic carbocycles. The summed E-state index contributed by atoms with van der Waals surface area (Å²) >= 11 is 0. The van der Waals surface area contributed by atoms with Crippen LogP contribution in [-0.4, -0.2) is 41.4 Å². The van der Waals surface area contributed by atoms with Gasteiger partial charge in [0.2, 0.25) is 18.6 Å². The van der Waals surface area contributed by atoms with Gasteiger partial charge < -0.3 is 14.4 Å². The van der Waals surface area contributed by atoms with Gasteiger partial charge in [-0.05, 0) is 23.8 Å². The van der Waals surface area contributed by atoms with Gasteiger partial charge in [0.15, 0.2) is 17.3 Å². The minimum absolute atomic E-state index is 0.0486. The molecule has 7 rings (SSSR count). The summed E-state index contributed by atoms with van der Waals surface area (Å²) in [6, 6.07) is 16.2. The van der Waals surface area contributed by atoms with Crippen molar-refractivity contribution in [3.05, 3.63) is 94.0 Å². The molecular weight excluding hydrogens is 490 g/mol. The van der Waals surface area contributed by atoms with E-state index < -0.39 is 46.4 Å². The summed E-state index contributed by atoms with van der Waals surface area (Å²) in [5.41, 5.74) is 1.81. The second-order valence-corrected chi connectivity index (χ2v) is 9.53. The summed E-state index contributed by atoms with van der Waals surface area (Å²) < 4.78 is 10.8. The van der Waals surface area contributed by atoms with Crippen molar-refractivity contribution in [1.29, 1.82) is 0 Å². The van der Waals surface area contributed by atoms with Crippen LogP contribution in [-0.2, 0) is 9.59 Å². The maximum absolute atomic E-state index is 14.1. The van der Waals surface area contributed by atoms with Crippen LogP contribution in [0.15, 0.2) is 72.8 Å². The number of fused-ring (bicyclic) bond motifs is 6. The highest BCUT2D eigenvalue weighted by Crippen LogP contribution is 2.50. The monoisotopic (exact) mass is 509 g/mol. The van der Waals surface area contributed by atoms with Crippen molar-refractivity contribution in [3.63, 3.8) is 0 Å². The number of carbonyl (C=O) groups is 3. The molecule has 0 spiro atoms. The van der Waals surface area contributed by atoms with E-state index in [-0.39, 0.29) is 18.0 Å². The van der Waals surface area contributed by atoms with Crippen LogP contribution >= 0.6 is 0 Å². The van der Waals surface area contributed by atoms with Gasteiger partial charge in [-0.3, -0.25) is 24.5 Å². The molecule has 0 aromatic heterocycles. The molecule has 10 nitrogen and oxygen atoms in total. The maximum Gasteiger partial charge on any atom is 0.270 e. The Morgan fingerprint density at radius 2 is 1.71 bits per heavy atom. The maximum atomic E-state index is 14.1. The molecule has 4 aliphatic rings. The van der Waals surface area contributed by atoms with E-state index in [2.05, 4.69) is 0 Å². The van der Waals surface area contributed by atoms with Crippen molar-refractivity contribution in [2.75, 3.05) is 16.6 Å². The zero-order valence-electron chi connectivity index (χ0n) is 19.7. The van der Waals surface area contributed by atoms with Crippen molar-refractivity contribution in [2.24, 2.45) is 11.8 Å². The highest BCUT2D eigenvalue weighted by Gasteiger charge is 2.64. The minimum Gasteiger partial charge on any atom is -0.454 e. The molecule has 38 heavy (non-hydrogen) atoms. The number of Topliss-reactive ketones (excluding diaryl/α,β-unsaturated/α-hetero) is 1. The van der Waals surface area contributed by atoms with E-state index in [0.29, 0.717) is 17.2 Å². The van der Waals surface area contributed by atoms with Crippen LogP contribution in [0.1, 0.15) is 15.9 Å². The molecule has 0 N–H and O–H groups in total. The first-order valence-corrected chi connectivity index (χ1v) is 12.1. The summed E-state index contributed by atoms with van der Waals surface area (Å²) in [7, 11) is 0. The van der Waals surface area contributed by atoms with Crippen molar-refractivity contribution in [1.82, 2.24) is 0 Å². The second-order valence-electron chi connectivity index (χ2n) is 9.53. The number of hydrogen-bond donors (Lipinski definition) is 0. The number of nitrogens with zero attached hydrogens (tertiary/aromatic N) is 3. The average molecular weight is 509 g/mol. The molecule has 0 bridgehead atoms. The molecule has 10 heteroatoms. The fourth-order valence-electron chi connectivity index (χ4n) is 6.04. The van der Waals surface area contributed by atoms with E-state index in [9.17, 15) is 24.5 Å². The van der Waals surface area contributed by atoms with Gasteiger partial charge in [-0.15, -0.1) is 0 Å². The molecule has 3 aromatic rings. The Labute approximate surface area is 215 Å². The number of nitro groups is 1. The van der Waals surface area contributed by atoms with Crippen molar-refractivity contribution in [2.45, 2.75) is 12.1 Å². The van der Waals surface area contributed by atoms with Crippen LogP contribution in [0.3, 0.4) is 0 Å². The van der Waals surface area contributed by atoms with E-state index >= 15 is 0 Å². The first kappa shape index (κ1) is 22.2. The number of imide groups is 1. The molecule has 4 heterocycles. The zero-order valence-corrected chi connectivity index (χ0v) is 19.7. The standard InChI is InChI=1S/C28H19N3O7/c32-26(16-5-3-6-18(12-16)31(35)36)25-24-23(20-10-8-15-4-1-2-7-19(15)30(20)25)27(33)29(28(24)34)17-9-11-21-22(13-17)38-14-37-21/h1-13,20,23-25H,14H2/t20-,23+,24+,25-/m0/s1. The van der Waals surface area contributed by atoms with Crippen molar-refractivity contribution < 1.29 is 28.8 Å². The van der Waals surface area contributed by atoms with Gasteiger partial charge in [0.1, 0.15) is 6.04 Å². The lowest BCUT2D eigenvalue weighted by molar-refractivity contribution is -0.384. The first-order valence-electron chi connectivity index (χ1n) is 12.1. The number of carbonyl (C=O) groups excluding carboxylic acids is 3. The molecule has 4 atom stereocenters. The lowest BCUT2D eigenvalue weighted by atomic mass is 9.86. The quantitative estimate of drug-likeness (QED) is 0.227. The molecule has 0 radical (unpaired) electrons. The topological polar surface area (TPSA) is 119 Å². The van der Waals surface area contributed by atoms with Crippen LogP contribution < -0.4 is 19.3 Å². The highest BCUT2D eigenvalue weighted by atomic mass is 16.7. The second kappa shape index (κ2) is 8.01. The summed E-state index contributed by atoms with van der Waals surface area (Å²) in [4.78, 5) is 55.7. The Morgan fingerprint density at radius 3 is 2.55 bits per heavy atom. The lowest BCUT2D eigenvalue weighted by Crippen LogP contribution is -2.48. The fraction of sp³-hybridized carbons (Fsp3) is 0.179. The number of rotatable bonds is 4. The molecular formula is C28H19N3O7. The van der Waals surface area contributed by atoms with E-state index in [1.54, 1.807) is 18.2 Å². The number of ketones is 1. The number of para-hydroxylation sites is 1. The minimum atomic E-state index is -1.03. The summed E-state index contributed by atoms with van der Waals surface area (Å²) in [5, 5.41) is 11.4. The number of nitro benzene ring substituents is 1. The first-order chi connectivity index (χ1) is 18.4. The van der Waals surface area contributed by atoms with Crippen LogP contribution in [0.5, 0.6) is 11.5 Å². The largest absolute Gasteiger partial charge is 0.454 e. The third-order valence-electron chi connectivity index (χ3n) is 7.64. The van der Waals surface area contributed by atoms with Crippen LogP contribution in [0.4, 0.5) is 17.1 Å². The Hall–Kier alpha value is -4.99. The van der Waals surface area contributed by atoms with Crippen LogP contribution in [0.25, 0.3) is 6.08 Å². The Morgan fingerprint density at radius 1 is 0.921 bits per heavy atom. The van der Waals surface area contributed by atoms with E-state index in [0.717, 1.165) is 16.2 Å². The molecule has 4 aliphatic heterocycles. The third-order valence-corrected chi connectivity index (χ3v) is 7.64. The average Bonchev–Trinajstić information content (AvgIpc) is 3.61. The molecule has 2 amide bonds. The third kappa shape index (κ3) is 3.03. The van der Waals surface area contributed by atoms with Gasteiger partial charge in [-0.1, -0.05) is 42.5 Å². The van der Waals surface area contributed by atoms with Gasteiger partial charge in [-0.25, -0.2) is 4.90 Å². The van der Waals surface area contributed by atoms with E-state index in [1.165, 1.54) is 24.3 Å². The number of amides is 2. The number of ether oxygens (including phenoxy) is 2. The number of anilines is 2. The molecule has 0 unspecified atom stereocenters. The number of benzene rings is 3. The molecule has 0 aliphatic carbocycles. The SMILES string of the molecule is O=C(c1cccc([N+](=O)[O-])c1)[C@@H]1[C@@H]2C(=O)N(c3ccc4c(c3)OCO4)C(=O)[C@@H]2[C@@H]2C=Cc3ccccc3N12. The van der Waals surface area contributed by atoms with Gasteiger partial charge in [0, 0.05) is 29.4 Å². The van der Waals surface area contributed by atoms with Crippen LogP contribution in [0.2, 0.25) is 0 Å². The number of hydrogen-bond acceptors (Lipinski definition) is 8. The van der Waals surface area contributed by atoms with Gasteiger partial charge >= 0.3 is 0 Å².